The Morgan fingerprint density at radius 3 is 2.79 bits per heavy atom. The van der Waals surface area contributed by atoms with Gasteiger partial charge in [0.05, 0.1) is 18.8 Å². The number of aliphatic hydroxyl groups excluding tert-OH is 3. The summed E-state index contributed by atoms with van der Waals surface area (Å²) in [6.07, 6.45) is 12.7. The van der Waals surface area contributed by atoms with Gasteiger partial charge in [0, 0.05) is 31.2 Å². The minimum atomic E-state index is -0.680. The number of amides is 1. The maximum atomic E-state index is 12.2. The number of hydrogen-bond acceptors (Lipinski definition) is 5. The lowest BCUT2D eigenvalue weighted by atomic mass is 9.90. The van der Waals surface area contributed by atoms with Gasteiger partial charge in [-0.1, -0.05) is 50.5 Å². The number of nitrogens with one attached hydrogen (secondary N) is 1. The summed E-state index contributed by atoms with van der Waals surface area (Å²) in [6.45, 7) is 2.34. The third kappa shape index (κ3) is 9.62. The first-order valence-corrected chi connectivity index (χ1v) is 10.6. The van der Waals surface area contributed by atoms with Crippen LogP contribution in [-0.2, 0) is 9.59 Å². The largest absolute Gasteiger partial charge is 0.395 e. The fraction of sp³-hybridized carbons (Fsp3) is 0.727. The first-order valence-electron chi connectivity index (χ1n) is 10.6. The van der Waals surface area contributed by atoms with Gasteiger partial charge in [0.15, 0.2) is 0 Å². The molecule has 1 amide bonds. The molecule has 1 aliphatic carbocycles. The van der Waals surface area contributed by atoms with Crippen LogP contribution < -0.4 is 5.32 Å². The molecule has 0 aromatic heterocycles. The number of aliphatic hydroxyl groups is 3. The Labute approximate surface area is 168 Å². The summed E-state index contributed by atoms with van der Waals surface area (Å²) in [7, 11) is 0. The van der Waals surface area contributed by atoms with E-state index in [0.717, 1.165) is 25.7 Å². The Kier molecular flexibility index (Phi) is 12.7. The highest BCUT2D eigenvalue weighted by molar-refractivity contribution is 5.84. The SMILES string of the molecule is CCCCCC(O)C=CC1C(O)CC(=O)C1CC=CCCCC(=O)NCCO. The van der Waals surface area contributed by atoms with Crippen molar-refractivity contribution >= 4 is 11.7 Å². The Bertz CT molecular complexity index is 517. The van der Waals surface area contributed by atoms with Crippen LogP contribution in [0.4, 0.5) is 0 Å². The van der Waals surface area contributed by atoms with Crippen LogP contribution in [0.1, 0.15) is 64.7 Å². The van der Waals surface area contributed by atoms with E-state index in [4.69, 9.17) is 5.11 Å². The number of carbonyl (C=O) groups is 2. The topological polar surface area (TPSA) is 107 Å². The van der Waals surface area contributed by atoms with Gasteiger partial charge in [-0.05, 0) is 25.7 Å². The second-order valence-electron chi connectivity index (χ2n) is 7.54. The van der Waals surface area contributed by atoms with Crippen molar-refractivity contribution in [2.45, 2.75) is 76.9 Å². The predicted molar refractivity (Wildman–Crippen MR) is 110 cm³/mol. The van der Waals surface area contributed by atoms with Crippen molar-refractivity contribution < 1.29 is 24.9 Å². The zero-order chi connectivity index (χ0) is 20.8. The van der Waals surface area contributed by atoms with Gasteiger partial charge in [-0.3, -0.25) is 9.59 Å². The highest BCUT2D eigenvalue weighted by Crippen LogP contribution is 2.33. The molecule has 160 valence electrons. The van der Waals surface area contributed by atoms with Crippen LogP contribution in [0.25, 0.3) is 0 Å². The van der Waals surface area contributed by atoms with Crippen molar-refractivity contribution in [2.24, 2.45) is 11.8 Å². The van der Waals surface area contributed by atoms with Gasteiger partial charge < -0.3 is 20.6 Å². The quantitative estimate of drug-likeness (QED) is 0.267. The van der Waals surface area contributed by atoms with Gasteiger partial charge in [-0.25, -0.2) is 0 Å². The molecule has 0 aliphatic heterocycles. The molecule has 0 spiro atoms. The highest BCUT2D eigenvalue weighted by Gasteiger charge is 2.39. The molecule has 1 fully saturated rings. The Morgan fingerprint density at radius 2 is 2.07 bits per heavy atom. The first-order chi connectivity index (χ1) is 13.5. The summed E-state index contributed by atoms with van der Waals surface area (Å²) in [5.41, 5.74) is 0. The second kappa shape index (κ2) is 14.5. The van der Waals surface area contributed by atoms with E-state index in [2.05, 4.69) is 12.2 Å². The normalized spacial score (nSPS) is 23.7. The number of Topliss-reactive ketones (excluding diaryl/α,β-unsaturated/α-hetero) is 1. The summed E-state index contributed by atoms with van der Waals surface area (Å²) in [5.74, 6) is -0.504. The number of unbranched alkanes of at least 4 members (excludes halogenated alkanes) is 3. The van der Waals surface area contributed by atoms with Crippen molar-refractivity contribution in [3.8, 4) is 0 Å². The molecule has 1 aliphatic rings. The van der Waals surface area contributed by atoms with Crippen LogP contribution in [0.2, 0.25) is 0 Å². The van der Waals surface area contributed by atoms with E-state index in [0.29, 0.717) is 25.7 Å². The van der Waals surface area contributed by atoms with Gasteiger partial charge in [-0.15, -0.1) is 0 Å². The Hall–Kier alpha value is -1.50. The fourth-order valence-corrected chi connectivity index (χ4v) is 3.51. The molecule has 4 N–H and O–H groups in total. The van der Waals surface area contributed by atoms with Crippen LogP contribution in [0.15, 0.2) is 24.3 Å². The van der Waals surface area contributed by atoms with Crippen LogP contribution in [0.3, 0.4) is 0 Å². The van der Waals surface area contributed by atoms with E-state index in [9.17, 15) is 19.8 Å². The number of rotatable bonds is 14. The molecule has 0 saturated heterocycles. The molecule has 4 atom stereocenters. The summed E-state index contributed by atoms with van der Waals surface area (Å²) in [6, 6.07) is 0. The molecule has 0 bridgehead atoms. The average Bonchev–Trinajstić information content (AvgIpc) is 2.94. The average molecular weight is 396 g/mol. The van der Waals surface area contributed by atoms with Gasteiger partial charge in [0.2, 0.25) is 5.91 Å². The van der Waals surface area contributed by atoms with Crippen molar-refractivity contribution in [1.29, 1.82) is 0 Å². The molecule has 0 radical (unpaired) electrons. The van der Waals surface area contributed by atoms with E-state index in [1.54, 1.807) is 6.08 Å². The van der Waals surface area contributed by atoms with Crippen molar-refractivity contribution in [3.63, 3.8) is 0 Å². The fourth-order valence-electron chi connectivity index (χ4n) is 3.51. The van der Waals surface area contributed by atoms with Crippen molar-refractivity contribution in [3.05, 3.63) is 24.3 Å². The lowest BCUT2D eigenvalue weighted by molar-refractivity contribution is -0.122. The third-order valence-electron chi connectivity index (χ3n) is 5.16. The zero-order valence-electron chi connectivity index (χ0n) is 17.1. The third-order valence-corrected chi connectivity index (χ3v) is 5.16. The van der Waals surface area contributed by atoms with Crippen LogP contribution >= 0.6 is 0 Å². The molecular formula is C22H37NO5. The minimum absolute atomic E-state index is 0.0573. The van der Waals surface area contributed by atoms with Crippen molar-refractivity contribution in [1.82, 2.24) is 5.32 Å². The maximum absolute atomic E-state index is 12.2. The number of hydrogen-bond donors (Lipinski definition) is 4. The molecule has 6 heteroatoms. The van der Waals surface area contributed by atoms with Crippen molar-refractivity contribution in [2.75, 3.05) is 13.2 Å². The van der Waals surface area contributed by atoms with E-state index >= 15 is 0 Å². The summed E-state index contributed by atoms with van der Waals surface area (Å²) in [4.78, 5) is 23.6. The zero-order valence-corrected chi connectivity index (χ0v) is 17.1. The molecule has 0 aromatic carbocycles. The molecule has 1 rings (SSSR count). The Morgan fingerprint density at radius 1 is 1.29 bits per heavy atom. The Balaban J connectivity index is 2.40. The minimum Gasteiger partial charge on any atom is -0.395 e. The summed E-state index contributed by atoms with van der Waals surface area (Å²) >= 11 is 0. The maximum Gasteiger partial charge on any atom is 0.220 e. The second-order valence-corrected chi connectivity index (χ2v) is 7.54. The summed E-state index contributed by atoms with van der Waals surface area (Å²) in [5, 5.41) is 31.5. The molecule has 1 saturated carbocycles. The van der Waals surface area contributed by atoms with E-state index in [1.165, 1.54) is 0 Å². The van der Waals surface area contributed by atoms with Gasteiger partial charge in [-0.2, -0.15) is 0 Å². The molecule has 0 heterocycles. The van der Waals surface area contributed by atoms with E-state index in [1.807, 2.05) is 18.2 Å². The molecule has 4 unspecified atom stereocenters. The van der Waals surface area contributed by atoms with E-state index < -0.39 is 12.2 Å². The predicted octanol–water partition coefficient (Wildman–Crippen LogP) is 2.28. The number of ketones is 1. The highest BCUT2D eigenvalue weighted by atomic mass is 16.3. The van der Waals surface area contributed by atoms with Gasteiger partial charge in [0.25, 0.3) is 0 Å². The molecule has 6 nitrogen and oxygen atoms in total. The number of carbonyl (C=O) groups excluding carboxylic acids is 2. The van der Waals surface area contributed by atoms with Gasteiger partial charge >= 0.3 is 0 Å². The molecule has 0 aromatic rings. The standard InChI is InChI=1S/C22H37NO5/c1-2-3-6-9-17(25)12-13-19-18(20(26)16-21(19)27)10-7-4-5-8-11-22(28)23-14-15-24/h4,7,12-13,17-19,21,24-25,27H,2-3,5-6,8-11,14-16H2,1H3,(H,23,28). The first kappa shape index (κ1) is 24.5. The van der Waals surface area contributed by atoms with Crippen LogP contribution in [0, 0.1) is 11.8 Å². The van der Waals surface area contributed by atoms with Gasteiger partial charge in [0.1, 0.15) is 5.78 Å². The van der Waals surface area contributed by atoms with Crippen LogP contribution in [-0.4, -0.2) is 52.4 Å². The van der Waals surface area contributed by atoms with Crippen LogP contribution in [0.5, 0.6) is 0 Å². The smallest absolute Gasteiger partial charge is 0.220 e. The van der Waals surface area contributed by atoms with E-state index in [-0.39, 0.29) is 43.1 Å². The molecular weight excluding hydrogens is 358 g/mol. The lowest BCUT2D eigenvalue weighted by Gasteiger charge is -2.16. The number of allylic oxidation sites excluding steroid dienone is 2. The lowest BCUT2D eigenvalue weighted by Crippen LogP contribution is -2.25. The monoisotopic (exact) mass is 395 g/mol. The molecule has 28 heavy (non-hydrogen) atoms. The summed E-state index contributed by atoms with van der Waals surface area (Å²) < 4.78 is 0.